The van der Waals surface area contributed by atoms with Gasteiger partial charge in [-0.05, 0) is 18.2 Å². The monoisotopic (exact) mass is 321 g/mol. The highest BCUT2D eigenvalue weighted by molar-refractivity contribution is 5.97. The summed E-state index contributed by atoms with van der Waals surface area (Å²) in [5, 5.41) is 8.85. The summed E-state index contributed by atoms with van der Waals surface area (Å²) in [5.74, 6) is -0.814. The van der Waals surface area contributed by atoms with Crippen molar-refractivity contribution in [3.8, 4) is 17.4 Å². The van der Waals surface area contributed by atoms with E-state index in [0.29, 0.717) is 0 Å². The molecule has 2 rings (SSSR count). The molecular formula is C16H10F3NO3. The van der Waals surface area contributed by atoms with Crippen LogP contribution in [0.25, 0.3) is 17.4 Å². The predicted molar refractivity (Wildman–Crippen MR) is 74.8 cm³/mol. The van der Waals surface area contributed by atoms with E-state index in [2.05, 4.69) is 4.74 Å². The molecule has 0 saturated carbocycles. The molecule has 7 heteroatoms. The Kier molecular flexibility index (Phi) is 4.55. The number of nitrogens with zero attached hydrogens (tertiary/aromatic N) is 1. The van der Waals surface area contributed by atoms with Crippen molar-refractivity contribution in [3.05, 3.63) is 53.3 Å². The molecule has 0 aliphatic carbocycles. The van der Waals surface area contributed by atoms with Gasteiger partial charge in [0.2, 0.25) is 0 Å². The second-order valence-electron chi connectivity index (χ2n) is 4.41. The van der Waals surface area contributed by atoms with Gasteiger partial charge in [0, 0.05) is 11.6 Å². The standard InChI is InChI=1S/C16H10F3NO3/c1-22-15(21)10(9-20)8-11-6-7-14(23-11)12-4-2-3-5-13(12)16(17,18)19/h2-8H,1H3/b10-8+. The molecule has 0 saturated heterocycles. The Hall–Kier alpha value is -3.01. The van der Waals surface area contributed by atoms with Crippen molar-refractivity contribution in [2.45, 2.75) is 6.18 Å². The fourth-order valence-electron chi connectivity index (χ4n) is 1.91. The fraction of sp³-hybridized carbons (Fsp3) is 0.125. The zero-order chi connectivity index (χ0) is 17.0. The van der Waals surface area contributed by atoms with E-state index < -0.39 is 17.7 Å². The van der Waals surface area contributed by atoms with Gasteiger partial charge in [-0.1, -0.05) is 18.2 Å². The van der Waals surface area contributed by atoms with Crippen molar-refractivity contribution < 1.29 is 27.1 Å². The van der Waals surface area contributed by atoms with E-state index in [1.165, 1.54) is 30.3 Å². The number of carbonyl (C=O) groups is 1. The number of rotatable bonds is 3. The molecule has 0 atom stereocenters. The number of benzene rings is 1. The number of alkyl halides is 3. The summed E-state index contributed by atoms with van der Waals surface area (Å²) in [6.45, 7) is 0. The summed E-state index contributed by atoms with van der Waals surface area (Å²) < 4.78 is 48.7. The molecule has 0 amide bonds. The lowest BCUT2D eigenvalue weighted by Crippen LogP contribution is -2.06. The van der Waals surface area contributed by atoms with Crippen LogP contribution >= 0.6 is 0 Å². The number of hydrogen-bond acceptors (Lipinski definition) is 4. The van der Waals surface area contributed by atoms with Gasteiger partial charge in [0.25, 0.3) is 0 Å². The highest BCUT2D eigenvalue weighted by Crippen LogP contribution is 2.37. The Bertz CT molecular complexity index is 797. The zero-order valence-electron chi connectivity index (χ0n) is 11.8. The molecule has 0 aliphatic heterocycles. The Morgan fingerprint density at radius 2 is 1.96 bits per heavy atom. The minimum Gasteiger partial charge on any atom is -0.465 e. The molecule has 0 spiro atoms. The number of esters is 1. The summed E-state index contributed by atoms with van der Waals surface area (Å²) in [6.07, 6.45) is -3.42. The normalized spacial score (nSPS) is 11.9. The van der Waals surface area contributed by atoms with Crippen LogP contribution in [0.4, 0.5) is 13.2 Å². The SMILES string of the molecule is COC(=O)/C(C#N)=C/c1ccc(-c2ccccc2C(F)(F)F)o1. The Balaban J connectivity index is 2.44. The average Bonchev–Trinajstić information content (AvgIpc) is 2.99. The number of carbonyl (C=O) groups excluding carboxylic acids is 1. The van der Waals surface area contributed by atoms with Crippen LogP contribution in [0.1, 0.15) is 11.3 Å². The third kappa shape index (κ3) is 3.61. The van der Waals surface area contributed by atoms with Crippen molar-refractivity contribution in [3.63, 3.8) is 0 Å². The molecule has 1 heterocycles. The summed E-state index contributed by atoms with van der Waals surface area (Å²) in [5.41, 5.74) is -1.29. The van der Waals surface area contributed by atoms with Crippen LogP contribution in [0.5, 0.6) is 0 Å². The highest BCUT2D eigenvalue weighted by atomic mass is 19.4. The van der Waals surface area contributed by atoms with Crippen LogP contribution in [0.2, 0.25) is 0 Å². The molecular weight excluding hydrogens is 311 g/mol. The third-order valence-corrected chi connectivity index (χ3v) is 2.94. The summed E-state index contributed by atoms with van der Waals surface area (Å²) in [6, 6.07) is 9.29. The van der Waals surface area contributed by atoms with Gasteiger partial charge >= 0.3 is 12.1 Å². The van der Waals surface area contributed by atoms with Gasteiger partial charge in [-0.25, -0.2) is 4.79 Å². The maximum Gasteiger partial charge on any atom is 0.417 e. The predicted octanol–water partition coefficient (Wildman–Crippen LogP) is 4.05. The molecule has 4 nitrogen and oxygen atoms in total. The minimum absolute atomic E-state index is 0.0219. The lowest BCUT2D eigenvalue weighted by atomic mass is 10.1. The molecule has 1 aromatic carbocycles. The molecule has 0 N–H and O–H groups in total. The van der Waals surface area contributed by atoms with Crippen LogP contribution in [-0.2, 0) is 15.7 Å². The molecule has 23 heavy (non-hydrogen) atoms. The van der Waals surface area contributed by atoms with Crippen LogP contribution in [0, 0.1) is 11.3 Å². The number of halogens is 3. The highest BCUT2D eigenvalue weighted by Gasteiger charge is 2.34. The second-order valence-corrected chi connectivity index (χ2v) is 4.41. The summed E-state index contributed by atoms with van der Waals surface area (Å²) in [7, 11) is 1.11. The van der Waals surface area contributed by atoms with Gasteiger partial charge < -0.3 is 9.15 Å². The minimum atomic E-state index is -4.52. The number of furan rings is 1. The summed E-state index contributed by atoms with van der Waals surface area (Å²) in [4.78, 5) is 11.3. The van der Waals surface area contributed by atoms with E-state index in [1.807, 2.05) is 0 Å². The van der Waals surface area contributed by atoms with Crippen molar-refractivity contribution in [1.82, 2.24) is 0 Å². The number of methoxy groups -OCH3 is 1. The molecule has 0 bridgehead atoms. The Morgan fingerprint density at radius 3 is 2.57 bits per heavy atom. The topological polar surface area (TPSA) is 63.2 Å². The van der Waals surface area contributed by atoms with E-state index in [9.17, 15) is 18.0 Å². The fourth-order valence-corrected chi connectivity index (χ4v) is 1.91. The smallest absolute Gasteiger partial charge is 0.417 e. The first kappa shape index (κ1) is 16.4. The zero-order valence-corrected chi connectivity index (χ0v) is 11.8. The van der Waals surface area contributed by atoms with Gasteiger partial charge in [-0.15, -0.1) is 0 Å². The van der Waals surface area contributed by atoms with Crippen molar-refractivity contribution in [2.75, 3.05) is 7.11 Å². The number of hydrogen-bond donors (Lipinski definition) is 0. The number of ether oxygens (including phenoxy) is 1. The van der Waals surface area contributed by atoms with Gasteiger partial charge in [-0.3, -0.25) is 0 Å². The van der Waals surface area contributed by atoms with Crippen LogP contribution in [-0.4, -0.2) is 13.1 Å². The molecule has 0 fully saturated rings. The first-order chi connectivity index (χ1) is 10.9. The molecule has 0 unspecified atom stereocenters. The maximum absolute atomic E-state index is 13.0. The number of nitriles is 1. The maximum atomic E-state index is 13.0. The Morgan fingerprint density at radius 1 is 1.26 bits per heavy atom. The van der Waals surface area contributed by atoms with Gasteiger partial charge in [0.05, 0.1) is 12.7 Å². The van der Waals surface area contributed by atoms with Gasteiger partial charge in [0.1, 0.15) is 23.2 Å². The van der Waals surface area contributed by atoms with Gasteiger partial charge in [0.15, 0.2) is 0 Å². The lowest BCUT2D eigenvalue weighted by molar-refractivity contribution is -0.137. The van der Waals surface area contributed by atoms with Crippen molar-refractivity contribution >= 4 is 12.0 Å². The van der Waals surface area contributed by atoms with E-state index in [4.69, 9.17) is 9.68 Å². The first-order valence-electron chi connectivity index (χ1n) is 6.33. The Labute approximate surface area is 129 Å². The van der Waals surface area contributed by atoms with Crippen LogP contribution in [0.3, 0.4) is 0 Å². The summed E-state index contributed by atoms with van der Waals surface area (Å²) >= 11 is 0. The second kappa shape index (κ2) is 6.40. The average molecular weight is 321 g/mol. The van der Waals surface area contributed by atoms with E-state index in [-0.39, 0.29) is 22.7 Å². The molecule has 0 radical (unpaired) electrons. The van der Waals surface area contributed by atoms with Crippen LogP contribution in [0.15, 0.2) is 46.4 Å². The first-order valence-corrected chi connectivity index (χ1v) is 6.33. The van der Waals surface area contributed by atoms with Crippen LogP contribution < -0.4 is 0 Å². The van der Waals surface area contributed by atoms with Crippen molar-refractivity contribution in [2.24, 2.45) is 0 Å². The van der Waals surface area contributed by atoms with E-state index in [1.54, 1.807) is 6.07 Å². The van der Waals surface area contributed by atoms with E-state index >= 15 is 0 Å². The lowest BCUT2D eigenvalue weighted by Gasteiger charge is -2.10. The third-order valence-electron chi connectivity index (χ3n) is 2.94. The largest absolute Gasteiger partial charge is 0.465 e. The molecule has 1 aromatic heterocycles. The van der Waals surface area contributed by atoms with Crippen molar-refractivity contribution in [1.29, 1.82) is 5.26 Å². The quantitative estimate of drug-likeness (QED) is 0.486. The van der Waals surface area contributed by atoms with Gasteiger partial charge in [-0.2, -0.15) is 18.4 Å². The molecule has 0 aliphatic rings. The molecule has 2 aromatic rings. The molecule has 118 valence electrons. The van der Waals surface area contributed by atoms with E-state index in [0.717, 1.165) is 19.3 Å².